The van der Waals surface area contributed by atoms with Crippen molar-refractivity contribution in [2.24, 2.45) is 0 Å². The molecule has 0 saturated carbocycles. The molecule has 3 aliphatic rings. The first-order valence-electron chi connectivity index (χ1n) is 10.0. The highest BCUT2D eigenvalue weighted by atomic mass is 32.2. The maximum Gasteiger partial charge on any atom is 0.290 e. The van der Waals surface area contributed by atoms with Crippen LogP contribution in [-0.2, 0) is 22.4 Å². The predicted octanol–water partition coefficient (Wildman–Crippen LogP) is 1.73. The van der Waals surface area contributed by atoms with Gasteiger partial charge < -0.3 is 14.7 Å². The molecule has 2 aliphatic heterocycles. The van der Waals surface area contributed by atoms with E-state index >= 15 is 0 Å². The molecule has 3 atom stereocenters. The summed E-state index contributed by atoms with van der Waals surface area (Å²) in [5.74, 6) is -2.37. The number of fused-ring (bicyclic) bond motifs is 2. The van der Waals surface area contributed by atoms with Gasteiger partial charge in [0.05, 0.1) is 30.1 Å². The van der Waals surface area contributed by atoms with Crippen LogP contribution in [0.15, 0.2) is 18.2 Å². The molecule has 31 heavy (non-hydrogen) atoms. The first kappa shape index (κ1) is 20.5. The molecule has 0 amide bonds. The van der Waals surface area contributed by atoms with E-state index in [9.17, 15) is 22.3 Å². The maximum atomic E-state index is 14.6. The molecule has 0 bridgehead atoms. The van der Waals surface area contributed by atoms with Gasteiger partial charge in [-0.3, -0.25) is 0 Å². The van der Waals surface area contributed by atoms with Crippen molar-refractivity contribution < 1.29 is 27.0 Å². The third-order valence-electron chi connectivity index (χ3n) is 6.14. The smallest absolute Gasteiger partial charge is 0.290 e. The highest BCUT2D eigenvalue weighted by Crippen LogP contribution is 2.46. The second-order valence-electron chi connectivity index (χ2n) is 8.37. The molecule has 3 heterocycles. The third-order valence-corrected chi connectivity index (χ3v) is 6.86. The van der Waals surface area contributed by atoms with Gasteiger partial charge >= 0.3 is 0 Å². The zero-order chi connectivity index (χ0) is 22.1. The summed E-state index contributed by atoms with van der Waals surface area (Å²) >= 11 is 0. The number of aliphatic hydroxyl groups is 1. The van der Waals surface area contributed by atoms with Crippen molar-refractivity contribution in [1.82, 2.24) is 14.7 Å². The Bertz CT molecular complexity index is 1170. The fraction of sp³-hybridized carbons (Fsp3) is 0.500. The summed E-state index contributed by atoms with van der Waals surface area (Å²) in [5.41, 5.74) is 1.84. The number of aliphatic hydroxyl groups excluding tert-OH is 1. The monoisotopic (exact) mass is 452 g/mol. The summed E-state index contributed by atoms with van der Waals surface area (Å²) in [7, 11) is -3.41. The zero-order valence-corrected chi connectivity index (χ0v) is 17.8. The first-order chi connectivity index (χ1) is 14.5. The molecule has 1 saturated heterocycles. The Kier molecular flexibility index (Phi) is 4.51. The van der Waals surface area contributed by atoms with Crippen molar-refractivity contribution in [3.63, 3.8) is 0 Å². The fourth-order valence-corrected chi connectivity index (χ4v) is 5.06. The van der Waals surface area contributed by atoms with Gasteiger partial charge in [0.15, 0.2) is 0 Å². The summed E-state index contributed by atoms with van der Waals surface area (Å²) in [5, 5.41) is 9.83. The topological polar surface area (TPSA) is 105 Å². The summed E-state index contributed by atoms with van der Waals surface area (Å²) in [6.45, 7) is 2.23. The molecular weight excluding hydrogens is 430 g/mol. The Hall–Kier alpha value is -2.37. The number of alkyl halides is 2. The highest BCUT2D eigenvalue weighted by Gasteiger charge is 2.45. The SMILES string of the molecule is C[C@H]1[C@H](O)CN1c1nc(-c2ccc3c(c2)OC[C@@H]3NS(C)(=O)=O)c2c(n1)C(F)(F)CC2. The number of halogens is 2. The normalized spacial score (nSPS) is 26.2. The largest absolute Gasteiger partial charge is 0.491 e. The van der Waals surface area contributed by atoms with Crippen LogP contribution >= 0.6 is 0 Å². The third kappa shape index (κ3) is 3.44. The van der Waals surface area contributed by atoms with Gasteiger partial charge in [0.25, 0.3) is 5.92 Å². The minimum Gasteiger partial charge on any atom is -0.491 e. The van der Waals surface area contributed by atoms with E-state index in [0.29, 0.717) is 28.1 Å². The van der Waals surface area contributed by atoms with E-state index in [1.165, 1.54) is 0 Å². The average molecular weight is 452 g/mol. The molecule has 166 valence electrons. The van der Waals surface area contributed by atoms with E-state index in [4.69, 9.17) is 4.74 Å². The molecule has 1 aromatic heterocycles. The average Bonchev–Trinajstić information content (AvgIpc) is 3.24. The molecule has 11 heteroatoms. The molecule has 1 aliphatic carbocycles. The maximum absolute atomic E-state index is 14.6. The van der Waals surface area contributed by atoms with Gasteiger partial charge in [-0.25, -0.2) is 23.1 Å². The minimum atomic E-state index is -3.41. The number of benzene rings is 1. The molecule has 0 radical (unpaired) electrons. The van der Waals surface area contributed by atoms with Crippen LogP contribution in [-0.4, -0.2) is 55.0 Å². The van der Waals surface area contributed by atoms with Gasteiger partial charge in [-0.15, -0.1) is 0 Å². The summed E-state index contributed by atoms with van der Waals surface area (Å²) in [6, 6.07) is 4.42. The number of sulfonamides is 1. The summed E-state index contributed by atoms with van der Waals surface area (Å²) < 4.78 is 60.5. The van der Waals surface area contributed by atoms with Gasteiger partial charge in [0.2, 0.25) is 16.0 Å². The quantitative estimate of drug-likeness (QED) is 0.728. The van der Waals surface area contributed by atoms with Crippen LogP contribution in [0.3, 0.4) is 0 Å². The van der Waals surface area contributed by atoms with Crippen LogP contribution in [0.5, 0.6) is 5.75 Å². The van der Waals surface area contributed by atoms with Gasteiger partial charge in [-0.1, -0.05) is 12.1 Å². The van der Waals surface area contributed by atoms with E-state index in [0.717, 1.165) is 6.26 Å². The van der Waals surface area contributed by atoms with Crippen LogP contribution in [0.1, 0.15) is 36.2 Å². The molecule has 0 spiro atoms. The Balaban J connectivity index is 1.57. The number of ether oxygens (including phenoxy) is 1. The molecule has 1 aromatic carbocycles. The number of anilines is 1. The van der Waals surface area contributed by atoms with Crippen molar-refractivity contribution in [2.45, 2.75) is 43.9 Å². The van der Waals surface area contributed by atoms with Gasteiger partial charge in [-0.2, -0.15) is 8.78 Å². The fourth-order valence-electron chi connectivity index (χ4n) is 4.35. The molecule has 0 unspecified atom stereocenters. The van der Waals surface area contributed by atoms with Gasteiger partial charge in [0.1, 0.15) is 18.1 Å². The first-order valence-corrected chi connectivity index (χ1v) is 11.9. The van der Waals surface area contributed by atoms with Crippen molar-refractivity contribution >= 4 is 16.0 Å². The van der Waals surface area contributed by atoms with Crippen molar-refractivity contribution in [2.75, 3.05) is 24.3 Å². The van der Waals surface area contributed by atoms with E-state index < -0.39 is 28.1 Å². The minimum absolute atomic E-state index is 0.153. The Morgan fingerprint density at radius 3 is 2.77 bits per heavy atom. The van der Waals surface area contributed by atoms with Gasteiger partial charge in [0, 0.05) is 29.7 Å². The van der Waals surface area contributed by atoms with E-state index in [2.05, 4.69) is 14.7 Å². The zero-order valence-electron chi connectivity index (χ0n) is 17.0. The van der Waals surface area contributed by atoms with E-state index in [1.54, 1.807) is 30.0 Å². The molecule has 1 fully saturated rings. The van der Waals surface area contributed by atoms with Crippen molar-refractivity contribution in [3.8, 4) is 17.0 Å². The van der Waals surface area contributed by atoms with Gasteiger partial charge in [-0.05, 0) is 19.4 Å². The molecule has 2 aromatic rings. The number of hydrogen-bond acceptors (Lipinski definition) is 7. The molecule has 2 N–H and O–H groups in total. The lowest BCUT2D eigenvalue weighted by Gasteiger charge is -2.43. The molecular formula is C20H22F2N4O4S. The summed E-state index contributed by atoms with van der Waals surface area (Å²) in [4.78, 5) is 10.5. The lowest BCUT2D eigenvalue weighted by Crippen LogP contribution is -2.59. The molecule has 8 nitrogen and oxygen atoms in total. The Morgan fingerprint density at radius 2 is 2.10 bits per heavy atom. The van der Waals surface area contributed by atoms with Crippen LogP contribution in [0.2, 0.25) is 0 Å². The van der Waals surface area contributed by atoms with Crippen molar-refractivity contribution in [3.05, 3.63) is 35.0 Å². The Labute approximate surface area is 178 Å². The van der Waals surface area contributed by atoms with E-state index in [1.807, 2.05) is 0 Å². The highest BCUT2D eigenvalue weighted by molar-refractivity contribution is 7.88. The standard InChI is InChI=1S/C20H22F2N4O4S/c1-10-15(27)8-26(10)19-23-17(13-5-6-20(21,22)18(13)24-19)11-3-4-12-14(25-31(2,28)29)9-30-16(12)7-11/h3-4,7,10,14-15,25,27H,5-6,8-9H2,1-2H3/t10-,14-,15+/m0/s1. The van der Waals surface area contributed by atoms with Crippen LogP contribution in [0, 0.1) is 0 Å². The predicted molar refractivity (Wildman–Crippen MR) is 109 cm³/mol. The lowest BCUT2D eigenvalue weighted by molar-refractivity contribution is -0.00603. The van der Waals surface area contributed by atoms with Crippen LogP contribution in [0.4, 0.5) is 14.7 Å². The number of nitrogens with one attached hydrogen (secondary N) is 1. The van der Waals surface area contributed by atoms with E-state index in [-0.39, 0.29) is 43.7 Å². The van der Waals surface area contributed by atoms with Crippen LogP contribution < -0.4 is 14.4 Å². The molecule has 5 rings (SSSR count). The number of hydrogen-bond donors (Lipinski definition) is 2. The number of rotatable bonds is 4. The summed E-state index contributed by atoms with van der Waals surface area (Å²) in [6.07, 6.45) is 0.368. The number of nitrogens with zero attached hydrogens (tertiary/aromatic N) is 3. The lowest BCUT2D eigenvalue weighted by atomic mass is 10.0. The Morgan fingerprint density at radius 1 is 1.32 bits per heavy atom. The number of aromatic nitrogens is 2. The second-order valence-corrected chi connectivity index (χ2v) is 10.2. The van der Waals surface area contributed by atoms with Crippen LogP contribution in [0.25, 0.3) is 11.3 Å². The number of β-amino-alcohol motifs (C(OH)–C–C–N with tert-alkyl or cyclic N) is 1. The second kappa shape index (κ2) is 6.81. The van der Waals surface area contributed by atoms with Crippen molar-refractivity contribution in [1.29, 1.82) is 0 Å².